The highest BCUT2D eigenvalue weighted by Gasteiger charge is 2.20. The molecule has 0 aromatic heterocycles. The molecule has 0 heterocycles. The van der Waals surface area contributed by atoms with Crippen molar-refractivity contribution in [2.24, 2.45) is 0 Å². The number of ether oxygens (including phenoxy) is 2. The number of benzene rings is 1. The van der Waals surface area contributed by atoms with Gasteiger partial charge in [0.1, 0.15) is 0 Å². The van der Waals surface area contributed by atoms with E-state index in [1.54, 1.807) is 0 Å². The van der Waals surface area contributed by atoms with Gasteiger partial charge in [-0.05, 0) is 31.0 Å². The average Bonchev–Trinajstić information content (AvgIpc) is 2.81. The number of aromatic carboxylic acids is 1. The minimum Gasteiger partial charge on any atom is -0.478 e. The fraction of sp³-hybridized carbons (Fsp3) is 0.667. The number of esters is 2. The topological polar surface area (TPSA) is 89.9 Å². The first-order chi connectivity index (χ1) is 16.0. The summed E-state index contributed by atoms with van der Waals surface area (Å²) in [7, 11) is 0. The van der Waals surface area contributed by atoms with Crippen LogP contribution in [0.25, 0.3) is 0 Å². The normalized spacial score (nSPS) is 10.7. The van der Waals surface area contributed by atoms with Gasteiger partial charge in [-0.15, -0.1) is 0 Å². The molecule has 0 spiro atoms. The van der Waals surface area contributed by atoms with Crippen molar-refractivity contribution in [2.45, 2.75) is 104 Å². The fourth-order valence-electron chi connectivity index (χ4n) is 3.64. The first kappa shape index (κ1) is 28.7. The molecule has 186 valence electrons. The van der Waals surface area contributed by atoms with E-state index in [-0.39, 0.29) is 23.3 Å². The lowest BCUT2D eigenvalue weighted by Gasteiger charge is -2.10. The first-order valence-corrected chi connectivity index (χ1v) is 12.7. The van der Waals surface area contributed by atoms with Crippen LogP contribution in [0, 0.1) is 0 Å². The van der Waals surface area contributed by atoms with Crippen LogP contribution in [0.15, 0.2) is 18.2 Å². The Kier molecular flexibility index (Phi) is 15.7. The van der Waals surface area contributed by atoms with Gasteiger partial charge in [-0.2, -0.15) is 0 Å². The number of carbonyl (C=O) groups excluding carboxylic acids is 2. The van der Waals surface area contributed by atoms with Gasteiger partial charge in [0.05, 0.1) is 29.9 Å². The Hall–Kier alpha value is -2.37. The van der Waals surface area contributed by atoms with Crippen LogP contribution in [0.3, 0.4) is 0 Å². The molecule has 0 bridgehead atoms. The summed E-state index contributed by atoms with van der Waals surface area (Å²) in [6.45, 7) is 4.92. The maximum atomic E-state index is 12.4. The summed E-state index contributed by atoms with van der Waals surface area (Å²) in [6.07, 6.45) is 15.5. The molecule has 0 atom stereocenters. The minimum absolute atomic E-state index is 0.0467. The molecule has 0 aliphatic heterocycles. The molecular weight excluding hydrogens is 420 g/mol. The van der Waals surface area contributed by atoms with E-state index in [9.17, 15) is 19.5 Å². The van der Waals surface area contributed by atoms with Crippen LogP contribution < -0.4 is 0 Å². The smallest absolute Gasteiger partial charge is 0.339 e. The summed E-state index contributed by atoms with van der Waals surface area (Å²) in [5.74, 6) is -2.54. The monoisotopic (exact) mass is 462 g/mol. The SMILES string of the molecule is CCCCCCCCCCOC(=O)c1ccc(C(=O)OCCCCCCCC)cc1C(=O)O. The second-order valence-electron chi connectivity index (χ2n) is 8.58. The molecule has 6 heteroatoms. The van der Waals surface area contributed by atoms with Crippen molar-refractivity contribution >= 4 is 17.9 Å². The zero-order valence-corrected chi connectivity index (χ0v) is 20.5. The van der Waals surface area contributed by atoms with Gasteiger partial charge in [0, 0.05) is 0 Å². The zero-order valence-electron chi connectivity index (χ0n) is 20.5. The highest BCUT2D eigenvalue weighted by molar-refractivity contribution is 6.04. The lowest BCUT2D eigenvalue weighted by atomic mass is 10.0. The molecule has 33 heavy (non-hydrogen) atoms. The Bertz CT molecular complexity index is 713. The van der Waals surface area contributed by atoms with Gasteiger partial charge < -0.3 is 14.6 Å². The van der Waals surface area contributed by atoms with Gasteiger partial charge in [0.2, 0.25) is 0 Å². The Morgan fingerprint density at radius 3 is 1.58 bits per heavy atom. The molecule has 1 aromatic rings. The van der Waals surface area contributed by atoms with E-state index in [2.05, 4.69) is 13.8 Å². The second-order valence-corrected chi connectivity index (χ2v) is 8.58. The van der Waals surface area contributed by atoms with Gasteiger partial charge in [-0.25, -0.2) is 14.4 Å². The molecule has 0 amide bonds. The van der Waals surface area contributed by atoms with Gasteiger partial charge in [0.25, 0.3) is 0 Å². The van der Waals surface area contributed by atoms with E-state index in [1.807, 2.05) is 0 Å². The lowest BCUT2D eigenvalue weighted by molar-refractivity contribution is 0.0477. The highest BCUT2D eigenvalue weighted by atomic mass is 16.5. The van der Waals surface area contributed by atoms with Gasteiger partial charge in [0.15, 0.2) is 0 Å². The molecular formula is C27H42O6. The van der Waals surface area contributed by atoms with Gasteiger partial charge >= 0.3 is 17.9 Å². The van der Waals surface area contributed by atoms with Gasteiger partial charge in [-0.1, -0.05) is 90.9 Å². The Morgan fingerprint density at radius 2 is 1.09 bits per heavy atom. The molecule has 0 unspecified atom stereocenters. The van der Waals surface area contributed by atoms with Gasteiger partial charge in [-0.3, -0.25) is 0 Å². The molecule has 0 saturated heterocycles. The third-order valence-corrected chi connectivity index (χ3v) is 5.67. The average molecular weight is 463 g/mol. The van der Waals surface area contributed by atoms with Crippen LogP contribution in [0.2, 0.25) is 0 Å². The van der Waals surface area contributed by atoms with Crippen LogP contribution in [0.4, 0.5) is 0 Å². The van der Waals surface area contributed by atoms with Crippen molar-refractivity contribution in [2.75, 3.05) is 13.2 Å². The predicted octanol–water partition coefficient (Wildman–Crippen LogP) is 7.20. The Balaban J connectivity index is 2.45. The largest absolute Gasteiger partial charge is 0.478 e. The zero-order chi connectivity index (χ0) is 24.3. The fourth-order valence-corrected chi connectivity index (χ4v) is 3.64. The van der Waals surface area contributed by atoms with Crippen LogP contribution >= 0.6 is 0 Å². The Morgan fingerprint density at radius 1 is 0.636 bits per heavy atom. The molecule has 0 saturated carbocycles. The van der Waals surface area contributed by atoms with Crippen molar-refractivity contribution in [1.29, 1.82) is 0 Å². The van der Waals surface area contributed by atoms with Crippen molar-refractivity contribution in [3.63, 3.8) is 0 Å². The molecule has 1 N–H and O–H groups in total. The summed E-state index contributed by atoms with van der Waals surface area (Å²) in [5.41, 5.74) is -0.169. The maximum absolute atomic E-state index is 12.4. The predicted molar refractivity (Wildman–Crippen MR) is 130 cm³/mol. The standard InChI is InChI=1S/C27H42O6/c1-3-5-7-9-11-12-14-16-20-33-27(31)23-18-17-22(21-24(23)25(28)29)26(30)32-19-15-13-10-8-6-4-2/h17-18,21H,3-16,19-20H2,1-2H3,(H,28,29). The summed E-state index contributed by atoms with van der Waals surface area (Å²) in [6, 6.07) is 3.95. The minimum atomic E-state index is -1.28. The van der Waals surface area contributed by atoms with Crippen LogP contribution in [0.5, 0.6) is 0 Å². The molecule has 0 aliphatic rings. The van der Waals surface area contributed by atoms with Crippen molar-refractivity contribution in [1.82, 2.24) is 0 Å². The maximum Gasteiger partial charge on any atom is 0.339 e. The number of rotatable bonds is 19. The number of hydrogen-bond donors (Lipinski definition) is 1. The first-order valence-electron chi connectivity index (χ1n) is 12.7. The van der Waals surface area contributed by atoms with Crippen molar-refractivity contribution < 1.29 is 29.0 Å². The van der Waals surface area contributed by atoms with Crippen molar-refractivity contribution in [3.8, 4) is 0 Å². The van der Waals surface area contributed by atoms with E-state index in [0.29, 0.717) is 6.61 Å². The van der Waals surface area contributed by atoms with E-state index >= 15 is 0 Å². The van der Waals surface area contributed by atoms with Crippen LogP contribution in [0.1, 0.15) is 135 Å². The van der Waals surface area contributed by atoms with E-state index in [1.165, 1.54) is 69.6 Å². The summed E-state index contributed by atoms with van der Waals surface area (Å²) in [4.78, 5) is 36.3. The summed E-state index contributed by atoms with van der Waals surface area (Å²) < 4.78 is 10.5. The molecule has 0 fully saturated rings. The number of hydrogen-bond acceptors (Lipinski definition) is 5. The number of unbranched alkanes of at least 4 members (excludes halogenated alkanes) is 12. The number of carboxylic acids is 1. The van der Waals surface area contributed by atoms with Crippen molar-refractivity contribution in [3.05, 3.63) is 34.9 Å². The number of carbonyl (C=O) groups is 3. The molecule has 0 radical (unpaired) electrons. The third kappa shape index (κ3) is 12.4. The highest BCUT2D eigenvalue weighted by Crippen LogP contribution is 2.16. The third-order valence-electron chi connectivity index (χ3n) is 5.67. The Labute approximate surface area is 199 Å². The number of carboxylic acid groups (broad SMARTS) is 1. The summed E-state index contributed by atoms with van der Waals surface area (Å²) in [5, 5.41) is 9.51. The van der Waals surface area contributed by atoms with Crippen LogP contribution in [-0.2, 0) is 9.47 Å². The lowest BCUT2D eigenvalue weighted by Crippen LogP contribution is -2.15. The molecule has 1 rings (SSSR count). The summed E-state index contributed by atoms with van der Waals surface area (Å²) >= 11 is 0. The molecule has 1 aromatic carbocycles. The molecule has 0 aliphatic carbocycles. The molecule has 6 nitrogen and oxygen atoms in total. The second kappa shape index (κ2) is 18.1. The van der Waals surface area contributed by atoms with Crippen LogP contribution in [-0.4, -0.2) is 36.2 Å². The quantitative estimate of drug-likeness (QED) is 0.173. The van der Waals surface area contributed by atoms with E-state index < -0.39 is 17.9 Å². The van der Waals surface area contributed by atoms with E-state index in [4.69, 9.17) is 9.47 Å². The van der Waals surface area contributed by atoms with E-state index in [0.717, 1.165) is 38.5 Å².